The van der Waals surface area contributed by atoms with Crippen LogP contribution in [0.15, 0.2) is 36.5 Å². The summed E-state index contributed by atoms with van der Waals surface area (Å²) in [6, 6.07) is 9.65. The van der Waals surface area contributed by atoms with Crippen LogP contribution < -0.4 is 9.64 Å². The summed E-state index contributed by atoms with van der Waals surface area (Å²) in [6.07, 6.45) is 1.75. The molecule has 7 nitrogen and oxygen atoms in total. The van der Waals surface area contributed by atoms with Gasteiger partial charge in [-0.25, -0.2) is 0 Å². The maximum absolute atomic E-state index is 13.2. The van der Waals surface area contributed by atoms with E-state index in [0.717, 1.165) is 35.7 Å². The molecule has 0 spiro atoms. The van der Waals surface area contributed by atoms with Gasteiger partial charge in [-0.05, 0) is 45.0 Å². The first kappa shape index (κ1) is 23.4. The zero-order valence-corrected chi connectivity index (χ0v) is 20.7. The lowest BCUT2D eigenvalue weighted by atomic mass is 10.1. The highest BCUT2D eigenvalue weighted by atomic mass is 35.5. The van der Waals surface area contributed by atoms with Crippen LogP contribution >= 0.6 is 23.2 Å². The molecule has 1 amide bonds. The smallest absolute Gasteiger partial charge is 0.244 e. The second-order valence-electron chi connectivity index (χ2n) is 8.29. The quantitative estimate of drug-likeness (QED) is 0.525. The fourth-order valence-electron chi connectivity index (χ4n) is 4.10. The molecule has 2 aromatic heterocycles. The Kier molecular flexibility index (Phi) is 6.81. The van der Waals surface area contributed by atoms with Crippen LogP contribution in [0.3, 0.4) is 0 Å². The fourth-order valence-corrected chi connectivity index (χ4v) is 4.54. The molecular formula is C24H27Cl2N5O2. The fraction of sp³-hybridized carbons (Fsp3) is 0.375. The molecule has 0 aliphatic carbocycles. The van der Waals surface area contributed by atoms with Gasteiger partial charge >= 0.3 is 0 Å². The highest BCUT2D eigenvalue weighted by molar-refractivity contribution is 6.33. The van der Waals surface area contributed by atoms with Gasteiger partial charge in [0, 0.05) is 54.9 Å². The molecule has 1 aromatic carbocycles. The minimum absolute atomic E-state index is 0.0201. The maximum Gasteiger partial charge on any atom is 0.244 e. The Morgan fingerprint density at radius 2 is 1.97 bits per heavy atom. The van der Waals surface area contributed by atoms with E-state index in [4.69, 9.17) is 27.9 Å². The molecule has 1 fully saturated rings. The van der Waals surface area contributed by atoms with Crippen molar-refractivity contribution in [3.8, 4) is 17.0 Å². The van der Waals surface area contributed by atoms with Gasteiger partial charge in [-0.2, -0.15) is 5.10 Å². The number of hydrogen-bond donors (Lipinski definition) is 0. The van der Waals surface area contributed by atoms with E-state index in [9.17, 15) is 4.79 Å². The number of carbonyl (C=O) groups is 1. The van der Waals surface area contributed by atoms with Gasteiger partial charge in [0.25, 0.3) is 0 Å². The Balaban J connectivity index is 1.45. The van der Waals surface area contributed by atoms with Gasteiger partial charge in [0.15, 0.2) is 0 Å². The van der Waals surface area contributed by atoms with Gasteiger partial charge in [0.1, 0.15) is 18.0 Å². The van der Waals surface area contributed by atoms with E-state index >= 15 is 0 Å². The van der Waals surface area contributed by atoms with Crippen molar-refractivity contribution in [2.75, 3.05) is 31.6 Å². The highest BCUT2D eigenvalue weighted by Crippen LogP contribution is 2.31. The number of pyridine rings is 1. The lowest BCUT2D eigenvalue weighted by molar-refractivity contribution is -0.134. The molecule has 4 rings (SSSR count). The molecule has 3 heterocycles. The molecule has 0 unspecified atom stereocenters. The predicted octanol–water partition coefficient (Wildman–Crippen LogP) is 4.61. The Bertz CT molecular complexity index is 1160. The van der Waals surface area contributed by atoms with Crippen LogP contribution in [0.1, 0.15) is 18.3 Å². The van der Waals surface area contributed by atoms with E-state index in [-0.39, 0.29) is 18.5 Å². The highest BCUT2D eigenvalue weighted by Gasteiger charge is 2.29. The molecular weight excluding hydrogens is 461 g/mol. The number of amides is 1. The molecule has 1 saturated heterocycles. The van der Waals surface area contributed by atoms with Gasteiger partial charge < -0.3 is 14.5 Å². The third kappa shape index (κ3) is 4.80. The van der Waals surface area contributed by atoms with E-state index in [2.05, 4.69) is 21.9 Å². The summed E-state index contributed by atoms with van der Waals surface area (Å²) < 4.78 is 7.03. The van der Waals surface area contributed by atoms with E-state index < -0.39 is 0 Å². The van der Waals surface area contributed by atoms with E-state index in [1.54, 1.807) is 18.0 Å². The minimum Gasteiger partial charge on any atom is -0.495 e. The Hall–Kier alpha value is -2.77. The molecule has 0 saturated carbocycles. The van der Waals surface area contributed by atoms with Gasteiger partial charge in [0.05, 0.1) is 22.8 Å². The molecule has 3 aromatic rings. The summed E-state index contributed by atoms with van der Waals surface area (Å²) in [5.41, 5.74) is 4.19. The number of piperazine rings is 1. The molecule has 33 heavy (non-hydrogen) atoms. The molecule has 9 heteroatoms. The van der Waals surface area contributed by atoms with Crippen molar-refractivity contribution in [2.45, 2.75) is 33.4 Å². The number of carbonyl (C=O) groups excluding carboxylic acids is 1. The Labute approximate surface area is 203 Å². The zero-order valence-electron chi connectivity index (χ0n) is 19.2. The molecule has 0 N–H and O–H groups in total. The van der Waals surface area contributed by atoms with Crippen LogP contribution in [0, 0.1) is 13.8 Å². The third-order valence-electron chi connectivity index (χ3n) is 6.05. The van der Waals surface area contributed by atoms with Crippen LogP contribution in [-0.2, 0) is 11.3 Å². The number of aromatic nitrogens is 3. The summed E-state index contributed by atoms with van der Waals surface area (Å²) >= 11 is 12.7. The van der Waals surface area contributed by atoms with Crippen LogP contribution in [0.5, 0.6) is 5.75 Å². The number of anilines is 1. The number of methoxy groups -OCH3 is 1. The second-order valence-corrected chi connectivity index (χ2v) is 9.08. The first-order valence-corrected chi connectivity index (χ1v) is 11.6. The van der Waals surface area contributed by atoms with Crippen molar-refractivity contribution in [1.82, 2.24) is 19.7 Å². The predicted molar refractivity (Wildman–Crippen MR) is 131 cm³/mol. The molecule has 0 bridgehead atoms. The zero-order chi connectivity index (χ0) is 23.7. The number of ether oxygens (including phenoxy) is 1. The number of hydrogen-bond acceptors (Lipinski definition) is 5. The van der Waals surface area contributed by atoms with Crippen molar-refractivity contribution in [1.29, 1.82) is 0 Å². The van der Waals surface area contributed by atoms with Crippen molar-refractivity contribution in [2.24, 2.45) is 0 Å². The summed E-state index contributed by atoms with van der Waals surface area (Å²) in [5, 5.41) is 5.74. The molecule has 1 atom stereocenters. The Morgan fingerprint density at radius 3 is 2.64 bits per heavy atom. The van der Waals surface area contributed by atoms with Crippen molar-refractivity contribution >= 4 is 34.8 Å². The van der Waals surface area contributed by atoms with Crippen molar-refractivity contribution in [3.05, 3.63) is 58.0 Å². The molecule has 0 radical (unpaired) electrons. The largest absolute Gasteiger partial charge is 0.495 e. The average molecular weight is 488 g/mol. The first-order chi connectivity index (χ1) is 15.8. The molecule has 174 valence electrons. The summed E-state index contributed by atoms with van der Waals surface area (Å²) in [6.45, 7) is 8.07. The second kappa shape index (κ2) is 9.61. The van der Waals surface area contributed by atoms with Gasteiger partial charge in [-0.1, -0.05) is 23.2 Å². The van der Waals surface area contributed by atoms with Gasteiger partial charge in [-0.3, -0.25) is 14.5 Å². The lowest BCUT2D eigenvalue weighted by Gasteiger charge is -2.41. The van der Waals surface area contributed by atoms with Gasteiger partial charge in [0.2, 0.25) is 5.91 Å². The van der Waals surface area contributed by atoms with Gasteiger partial charge in [-0.15, -0.1) is 0 Å². The van der Waals surface area contributed by atoms with Crippen LogP contribution in [0.4, 0.5) is 5.69 Å². The normalized spacial score (nSPS) is 16.2. The lowest BCUT2D eigenvalue weighted by Crippen LogP contribution is -2.54. The van der Waals surface area contributed by atoms with Crippen molar-refractivity contribution < 1.29 is 9.53 Å². The SMILES string of the molecule is COc1cc(N2CCN(C(=O)Cn3nc(-c4ccc(C)nc4)c(Cl)c3C)[C@@H](C)C2)ccc1Cl. The number of nitrogens with zero attached hydrogens (tertiary/aromatic N) is 5. The molecule has 1 aliphatic heterocycles. The van der Waals surface area contributed by atoms with Crippen LogP contribution in [-0.4, -0.2) is 58.4 Å². The van der Waals surface area contributed by atoms with E-state index in [0.29, 0.717) is 28.0 Å². The Morgan fingerprint density at radius 1 is 1.18 bits per heavy atom. The maximum atomic E-state index is 13.2. The third-order valence-corrected chi connectivity index (χ3v) is 6.82. The number of benzene rings is 1. The monoisotopic (exact) mass is 487 g/mol. The molecule has 1 aliphatic rings. The summed E-state index contributed by atoms with van der Waals surface area (Å²) in [4.78, 5) is 21.6. The van der Waals surface area contributed by atoms with Crippen molar-refractivity contribution in [3.63, 3.8) is 0 Å². The van der Waals surface area contributed by atoms with Crippen LogP contribution in [0.25, 0.3) is 11.3 Å². The average Bonchev–Trinajstić information content (AvgIpc) is 3.08. The summed E-state index contributed by atoms with van der Waals surface area (Å²) in [7, 11) is 1.61. The van der Waals surface area contributed by atoms with E-state index in [1.807, 2.05) is 49.1 Å². The minimum atomic E-state index is 0.0201. The topological polar surface area (TPSA) is 63.5 Å². The first-order valence-electron chi connectivity index (χ1n) is 10.8. The van der Waals surface area contributed by atoms with Crippen LogP contribution in [0.2, 0.25) is 10.0 Å². The standard InChI is InChI=1S/C24H27Cl2N5O2/c1-15-5-6-18(12-27-15)24-23(26)17(3)31(28-24)14-22(32)30-10-9-29(13-16(30)2)19-7-8-20(25)21(11-19)33-4/h5-8,11-12,16H,9-10,13-14H2,1-4H3/t16-/m0/s1. The number of halogens is 2. The number of aryl methyl sites for hydroxylation is 1. The van der Waals surface area contributed by atoms with E-state index in [1.165, 1.54) is 0 Å². The number of rotatable bonds is 5. The summed E-state index contributed by atoms with van der Waals surface area (Å²) in [5.74, 6) is 0.664.